The van der Waals surface area contributed by atoms with Crippen molar-refractivity contribution in [2.24, 2.45) is 5.92 Å². The first kappa shape index (κ1) is 14.8. The lowest BCUT2D eigenvalue weighted by molar-refractivity contribution is -0.135. The van der Waals surface area contributed by atoms with Crippen molar-refractivity contribution in [3.63, 3.8) is 0 Å². The van der Waals surface area contributed by atoms with Gasteiger partial charge in [-0.2, -0.15) is 0 Å². The van der Waals surface area contributed by atoms with Gasteiger partial charge in [0.15, 0.2) is 0 Å². The number of nitrogens with one attached hydrogen (secondary N) is 1. The van der Waals surface area contributed by atoms with Crippen molar-refractivity contribution in [1.29, 1.82) is 0 Å². The highest BCUT2D eigenvalue weighted by molar-refractivity contribution is 5.76. The molecule has 110 valence electrons. The molecule has 0 aromatic rings. The molecule has 0 aromatic carbocycles. The van der Waals surface area contributed by atoms with E-state index in [0.717, 1.165) is 31.8 Å². The number of hydrogen-bond donors (Lipinski definition) is 1. The monoisotopic (exact) mass is 266 g/mol. The lowest BCUT2D eigenvalue weighted by atomic mass is 9.92. The third-order valence-corrected chi connectivity index (χ3v) is 4.79. The number of piperidine rings is 1. The second-order valence-corrected chi connectivity index (χ2v) is 6.57. The fraction of sp³-hybridized carbons (Fsp3) is 0.938. The number of rotatable bonds is 5. The zero-order valence-corrected chi connectivity index (χ0v) is 12.7. The summed E-state index contributed by atoms with van der Waals surface area (Å²) in [6.07, 6.45) is 9.39. The largest absolute Gasteiger partial charge is 0.337 e. The molecule has 2 aliphatic rings. The Balaban J connectivity index is 1.81. The molecule has 0 aromatic heterocycles. The summed E-state index contributed by atoms with van der Waals surface area (Å²) in [5.41, 5.74) is 0. The number of carbonyl (C=O) groups is 1. The van der Waals surface area contributed by atoms with Crippen molar-refractivity contribution in [3.05, 3.63) is 0 Å². The summed E-state index contributed by atoms with van der Waals surface area (Å²) in [5, 5.41) is 3.39. The van der Waals surface area contributed by atoms with Gasteiger partial charge in [-0.15, -0.1) is 0 Å². The Hall–Kier alpha value is -0.570. The molecule has 1 N–H and O–H groups in total. The van der Waals surface area contributed by atoms with Crippen molar-refractivity contribution in [2.45, 2.75) is 77.3 Å². The minimum atomic E-state index is 0.364. The molecule has 2 fully saturated rings. The van der Waals surface area contributed by atoms with Gasteiger partial charge in [0.25, 0.3) is 0 Å². The van der Waals surface area contributed by atoms with Crippen LogP contribution in [0.4, 0.5) is 0 Å². The number of hydrogen-bond acceptors (Lipinski definition) is 2. The number of amides is 1. The van der Waals surface area contributed by atoms with E-state index in [1.807, 2.05) is 0 Å². The van der Waals surface area contributed by atoms with Gasteiger partial charge < -0.3 is 10.2 Å². The molecule has 1 amide bonds. The summed E-state index contributed by atoms with van der Waals surface area (Å²) in [7, 11) is 0. The Morgan fingerprint density at radius 2 is 1.79 bits per heavy atom. The first-order chi connectivity index (χ1) is 9.18. The van der Waals surface area contributed by atoms with E-state index in [4.69, 9.17) is 0 Å². The van der Waals surface area contributed by atoms with E-state index in [1.54, 1.807) is 0 Å². The summed E-state index contributed by atoms with van der Waals surface area (Å²) in [5.74, 6) is 1.17. The standard InChI is InChI=1S/C16H30N2O/c1-13(2)18(15-5-3-4-6-15)16(19)8-7-14-9-11-17-12-10-14/h13-15,17H,3-12H2,1-2H3. The average molecular weight is 266 g/mol. The lowest BCUT2D eigenvalue weighted by Crippen LogP contribution is -2.43. The zero-order chi connectivity index (χ0) is 13.7. The van der Waals surface area contributed by atoms with E-state index in [9.17, 15) is 4.79 Å². The van der Waals surface area contributed by atoms with Gasteiger partial charge in [0.1, 0.15) is 0 Å². The maximum Gasteiger partial charge on any atom is 0.223 e. The van der Waals surface area contributed by atoms with Crippen molar-refractivity contribution in [3.8, 4) is 0 Å². The summed E-state index contributed by atoms with van der Waals surface area (Å²) in [6.45, 7) is 6.60. The number of carbonyl (C=O) groups excluding carboxylic acids is 1. The molecule has 0 atom stereocenters. The predicted octanol–water partition coefficient (Wildman–Crippen LogP) is 2.95. The van der Waals surface area contributed by atoms with E-state index in [1.165, 1.54) is 38.5 Å². The van der Waals surface area contributed by atoms with E-state index in [2.05, 4.69) is 24.1 Å². The lowest BCUT2D eigenvalue weighted by Gasteiger charge is -2.33. The van der Waals surface area contributed by atoms with Gasteiger partial charge in [-0.1, -0.05) is 12.8 Å². The molecule has 19 heavy (non-hydrogen) atoms. The third-order valence-electron chi connectivity index (χ3n) is 4.79. The van der Waals surface area contributed by atoms with Gasteiger partial charge in [0, 0.05) is 18.5 Å². The van der Waals surface area contributed by atoms with Crippen LogP contribution < -0.4 is 5.32 Å². The fourth-order valence-corrected chi connectivity index (χ4v) is 3.72. The van der Waals surface area contributed by atoms with Crippen LogP contribution in [0, 0.1) is 5.92 Å². The highest BCUT2D eigenvalue weighted by Crippen LogP contribution is 2.27. The van der Waals surface area contributed by atoms with Gasteiger partial charge >= 0.3 is 0 Å². The van der Waals surface area contributed by atoms with Gasteiger partial charge in [-0.25, -0.2) is 0 Å². The molecule has 1 aliphatic carbocycles. The first-order valence-corrected chi connectivity index (χ1v) is 8.20. The van der Waals surface area contributed by atoms with Crippen molar-refractivity contribution in [1.82, 2.24) is 10.2 Å². The number of nitrogens with zero attached hydrogens (tertiary/aromatic N) is 1. The first-order valence-electron chi connectivity index (χ1n) is 8.20. The van der Waals surface area contributed by atoms with Gasteiger partial charge in [0.05, 0.1) is 0 Å². The molecule has 1 saturated heterocycles. The van der Waals surface area contributed by atoms with Crippen LogP contribution >= 0.6 is 0 Å². The van der Waals surface area contributed by atoms with Gasteiger partial charge in [-0.05, 0) is 65.0 Å². The zero-order valence-electron chi connectivity index (χ0n) is 12.7. The SMILES string of the molecule is CC(C)N(C(=O)CCC1CCNCC1)C1CCCC1. The van der Waals surface area contributed by atoms with Crippen LogP contribution in [0.1, 0.15) is 65.2 Å². The average Bonchev–Trinajstić information content (AvgIpc) is 2.91. The molecule has 0 radical (unpaired) electrons. The highest BCUT2D eigenvalue weighted by Gasteiger charge is 2.28. The third kappa shape index (κ3) is 4.20. The maximum absolute atomic E-state index is 12.5. The summed E-state index contributed by atoms with van der Waals surface area (Å²) in [6, 6.07) is 0.893. The van der Waals surface area contributed by atoms with Crippen LogP contribution in [0.15, 0.2) is 0 Å². The molecular formula is C16H30N2O. The second kappa shape index (κ2) is 7.28. The fourth-order valence-electron chi connectivity index (χ4n) is 3.72. The molecule has 3 nitrogen and oxygen atoms in total. The smallest absolute Gasteiger partial charge is 0.223 e. The second-order valence-electron chi connectivity index (χ2n) is 6.57. The van der Waals surface area contributed by atoms with E-state index < -0.39 is 0 Å². The highest BCUT2D eigenvalue weighted by atomic mass is 16.2. The summed E-state index contributed by atoms with van der Waals surface area (Å²) < 4.78 is 0. The molecule has 0 bridgehead atoms. The molecule has 1 aliphatic heterocycles. The van der Waals surface area contributed by atoms with Crippen molar-refractivity contribution < 1.29 is 4.79 Å². The van der Waals surface area contributed by atoms with E-state index in [0.29, 0.717) is 18.0 Å². The summed E-state index contributed by atoms with van der Waals surface area (Å²) >= 11 is 0. The van der Waals surface area contributed by atoms with Gasteiger partial charge in [0.2, 0.25) is 5.91 Å². The Morgan fingerprint density at radius 1 is 1.16 bits per heavy atom. The topological polar surface area (TPSA) is 32.3 Å². The van der Waals surface area contributed by atoms with Gasteiger partial charge in [-0.3, -0.25) is 4.79 Å². The van der Waals surface area contributed by atoms with E-state index >= 15 is 0 Å². The molecule has 0 unspecified atom stereocenters. The molecule has 1 heterocycles. The van der Waals surface area contributed by atoms with Crippen LogP contribution in [0.25, 0.3) is 0 Å². The van der Waals surface area contributed by atoms with Crippen molar-refractivity contribution in [2.75, 3.05) is 13.1 Å². The Bertz CT molecular complexity index is 278. The Morgan fingerprint density at radius 3 is 2.37 bits per heavy atom. The van der Waals surface area contributed by atoms with Crippen LogP contribution in [-0.2, 0) is 4.79 Å². The molecule has 0 spiro atoms. The normalized spacial score (nSPS) is 22.1. The molecular weight excluding hydrogens is 236 g/mol. The van der Waals surface area contributed by atoms with Crippen LogP contribution in [0.3, 0.4) is 0 Å². The van der Waals surface area contributed by atoms with Crippen LogP contribution in [0.5, 0.6) is 0 Å². The minimum absolute atomic E-state index is 0.364. The quantitative estimate of drug-likeness (QED) is 0.830. The van der Waals surface area contributed by atoms with Crippen LogP contribution in [-0.4, -0.2) is 36.0 Å². The Labute approximate surface area is 118 Å². The molecule has 2 rings (SSSR count). The molecule has 1 saturated carbocycles. The molecule has 3 heteroatoms. The minimum Gasteiger partial charge on any atom is -0.337 e. The summed E-state index contributed by atoms with van der Waals surface area (Å²) in [4.78, 5) is 14.7. The van der Waals surface area contributed by atoms with Crippen LogP contribution in [0.2, 0.25) is 0 Å². The predicted molar refractivity (Wildman–Crippen MR) is 79.1 cm³/mol. The van der Waals surface area contributed by atoms with Crippen molar-refractivity contribution >= 4 is 5.91 Å². The Kier molecular flexibility index (Phi) is 5.68. The van der Waals surface area contributed by atoms with E-state index in [-0.39, 0.29) is 0 Å². The maximum atomic E-state index is 12.5.